The van der Waals surface area contributed by atoms with E-state index in [1.54, 1.807) is 18.2 Å². The number of alkyl carbamates (subject to hydrolysis) is 1. The lowest BCUT2D eigenvalue weighted by atomic mass is 9.77. The van der Waals surface area contributed by atoms with Gasteiger partial charge in [-0.3, -0.25) is 0 Å². The van der Waals surface area contributed by atoms with Crippen molar-refractivity contribution in [3.63, 3.8) is 0 Å². The van der Waals surface area contributed by atoms with Crippen molar-refractivity contribution in [2.24, 2.45) is 11.8 Å². The first kappa shape index (κ1) is 39.4. The summed E-state index contributed by atoms with van der Waals surface area (Å²) in [5.41, 5.74) is 1.20. The molecule has 3 heterocycles. The van der Waals surface area contributed by atoms with E-state index in [0.717, 1.165) is 34.8 Å². The molecule has 2 saturated heterocycles. The summed E-state index contributed by atoms with van der Waals surface area (Å²) >= 11 is 1.40. The maximum absolute atomic E-state index is 14.2. The van der Waals surface area contributed by atoms with E-state index in [-0.39, 0.29) is 47.8 Å². The van der Waals surface area contributed by atoms with Crippen molar-refractivity contribution < 1.29 is 32.5 Å². The lowest BCUT2D eigenvalue weighted by Gasteiger charge is -2.42. The molecule has 0 spiro atoms. The van der Waals surface area contributed by atoms with Crippen molar-refractivity contribution in [2.75, 3.05) is 38.2 Å². The second-order valence-corrected chi connectivity index (χ2v) is 17.4. The molecule has 1 aromatic heterocycles. The van der Waals surface area contributed by atoms with E-state index < -0.39 is 40.7 Å². The summed E-state index contributed by atoms with van der Waals surface area (Å²) < 4.78 is 48.7. The normalized spacial score (nSPS) is 23.5. The average Bonchev–Trinajstić information content (AvgIpc) is 3.65. The highest BCUT2D eigenvalue weighted by Gasteiger charge is 2.55. The topological polar surface area (TPSA) is 151 Å². The molecule has 12 nitrogen and oxygen atoms in total. The zero-order valence-electron chi connectivity index (χ0n) is 30.6. The van der Waals surface area contributed by atoms with Gasteiger partial charge in [0.1, 0.15) is 6.10 Å². The summed E-state index contributed by atoms with van der Waals surface area (Å²) in [6.45, 7) is 13.6. The van der Waals surface area contributed by atoms with Crippen LogP contribution in [0.4, 0.5) is 9.93 Å². The number of anilines is 1. The van der Waals surface area contributed by atoms with Gasteiger partial charge < -0.3 is 35.3 Å². The molecule has 14 heteroatoms. The fraction of sp³-hybridized carbons (Fsp3) is 0.622. The molecule has 1 amide bonds. The van der Waals surface area contributed by atoms with Crippen LogP contribution >= 0.6 is 11.3 Å². The second-order valence-electron chi connectivity index (χ2n) is 14.4. The van der Waals surface area contributed by atoms with Crippen molar-refractivity contribution in [2.45, 2.75) is 108 Å². The number of amides is 1. The molecule has 0 bridgehead atoms. The number of hydrogen-bond acceptors (Lipinski definition) is 11. The largest absolute Gasteiger partial charge is 0.446 e. The smallest absolute Gasteiger partial charge is 0.407 e. The Labute approximate surface area is 306 Å². The first-order valence-corrected chi connectivity index (χ1v) is 20.5. The van der Waals surface area contributed by atoms with Crippen LogP contribution in [-0.4, -0.2) is 97.9 Å². The van der Waals surface area contributed by atoms with Gasteiger partial charge in [-0.15, -0.1) is 0 Å². The number of aliphatic hydroxyl groups is 1. The summed E-state index contributed by atoms with van der Waals surface area (Å²) in [5.74, 6) is -0.226. The third-order valence-electron chi connectivity index (χ3n) is 9.44. The minimum atomic E-state index is -4.03. The Kier molecular flexibility index (Phi) is 13.4. The number of aliphatic hydroxyl groups excluding tert-OH is 1. The summed E-state index contributed by atoms with van der Waals surface area (Å²) in [7, 11) is -4.03. The SMILES string of the molecule is CCC[C@]1(NCC)CO[C@@H]2OCC[C@H](OC(=O)N[C@@H](Cc3ccccc3)[C@H](O)CN(CC(C)C)S(=O)(=O)c3ccc4nc(NC(C)C)sc4c3)[C@@H]21. The number of nitrogens with one attached hydrogen (secondary N) is 3. The lowest BCUT2D eigenvalue weighted by Crippen LogP contribution is -2.59. The van der Waals surface area contributed by atoms with Crippen LogP contribution in [0.25, 0.3) is 10.2 Å². The molecule has 282 valence electrons. The molecule has 6 atom stereocenters. The number of aromatic nitrogens is 1. The van der Waals surface area contributed by atoms with E-state index >= 15 is 0 Å². The lowest BCUT2D eigenvalue weighted by molar-refractivity contribution is -0.183. The minimum Gasteiger partial charge on any atom is -0.446 e. The molecule has 2 aromatic carbocycles. The predicted octanol–water partition coefficient (Wildman–Crippen LogP) is 5.37. The Balaban J connectivity index is 1.37. The number of ether oxygens (including phenoxy) is 3. The molecular formula is C37H55N5O7S2. The van der Waals surface area contributed by atoms with E-state index in [4.69, 9.17) is 14.2 Å². The molecule has 0 unspecified atom stereocenters. The van der Waals surface area contributed by atoms with Crippen LogP contribution in [0.2, 0.25) is 0 Å². The Bertz CT molecular complexity index is 1680. The van der Waals surface area contributed by atoms with Crippen molar-refractivity contribution in [1.82, 2.24) is 19.9 Å². The van der Waals surface area contributed by atoms with Crippen LogP contribution in [0.1, 0.15) is 66.4 Å². The number of carbonyl (C=O) groups is 1. The minimum absolute atomic E-state index is 0.0262. The summed E-state index contributed by atoms with van der Waals surface area (Å²) in [4.78, 5) is 18.4. The second kappa shape index (κ2) is 17.3. The number of sulfonamides is 1. The number of hydrogen-bond donors (Lipinski definition) is 4. The van der Waals surface area contributed by atoms with Gasteiger partial charge in [-0.1, -0.05) is 75.8 Å². The number of carbonyl (C=O) groups excluding carboxylic acids is 1. The van der Waals surface area contributed by atoms with E-state index in [1.807, 2.05) is 65.0 Å². The molecule has 2 aliphatic heterocycles. The first-order valence-electron chi connectivity index (χ1n) is 18.2. The third kappa shape index (κ3) is 9.58. The Morgan fingerprint density at radius 3 is 2.57 bits per heavy atom. The van der Waals surface area contributed by atoms with E-state index in [9.17, 15) is 18.3 Å². The van der Waals surface area contributed by atoms with Gasteiger partial charge in [0, 0.05) is 25.6 Å². The van der Waals surface area contributed by atoms with Crippen LogP contribution < -0.4 is 16.0 Å². The monoisotopic (exact) mass is 745 g/mol. The van der Waals surface area contributed by atoms with Gasteiger partial charge in [0.05, 0.1) is 51.9 Å². The predicted molar refractivity (Wildman–Crippen MR) is 200 cm³/mol. The Hall–Kier alpha value is -2.85. The van der Waals surface area contributed by atoms with Crippen molar-refractivity contribution in [1.29, 1.82) is 0 Å². The molecule has 5 rings (SSSR count). The molecule has 0 aliphatic carbocycles. The average molecular weight is 746 g/mol. The number of likely N-dealkylation sites (N-methyl/N-ethyl adjacent to an activating group) is 1. The van der Waals surface area contributed by atoms with E-state index in [2.05, 4.69) is 27.9 Å². The number of nitrogens with zero attached hydrogens (tertiary/aromatic N) is 2. The number of benzene rings is 2. The molecule has 51 heavy (non-hydrogen) atoms. The summed E-state index contributed by atoms with van der Waals surface area (Å²) in [6.07, 6.45) is -0.326. The first-order chi connectivity index (χ1) is 24.3. The van der Waals surface area contributed by atoms with Crippen LogP contribution in [-0.2, 0) is 30.7 Å². The van der Waals surface area contributed by atoms with Gasteiger partial charge in [0.15, 0.2) is 11.4 Å². The van der Waals surface area contributed by atoms with Gasteiger partial charge >= 0.3 is 6.09 Å². The molecule has 0 radical (unpaired) electrons. The van der Waals surface area contributed by atoms with Crippen LogP contribution in [0.3, 0.4) is 0 Å². The van der Waals surface area contributed by atoms with Gasteiger partial charge in [0.25, 0.3) is 0 Å². The highest BCUT2D eigenvalue weighted by atomic mass is 32.2. The molecule has 0 saturated carbocycles. The summed E-state index contributed by atoms with van der Waals surface area (Å²) in [6, 6.07) is 13.8. The maximum atomic E-state index is 14.2. The third-order valence-corrected chi connectivity index (χ3v) is 12.2. The molecule has 3 aromatic rings. The fourth-order valence-corrected chi connectivity index (χ4v) is 10.1. The highest BCUT2D eigenvalue weighted by molar-refractivity contribution is 7.89. The number of rotatable bonds is 17. The quantitative estimate of drug-likeness (QED) is 0.142. The molecular weight excluding hydrogens is 691 g/mol. The van der Waals surface area contributed by atoms with Crippen LogP contribution in [0, 0.1) is 11.8 Å². The zero-order valence-corrected chi connectivity index (χ0v) is 32.3. The molecule has 2 fully saturated rings. The fourth-order valence-electron chi connectivity index (χ4n) is 7.29. The zero-order chi connectivity index (χ0) is 36.8. The molecule has 4 N–H and O–H groups in total. The van der Waals surface area contributed by atoms with Crippen LogP contribution in [0.15, 0.2) is 53.4 Å². The highest BCUT2D eigenvalue weighted by Crippen LogP contribution is 2.42. The Morgan fingerprint density at radius 1 is 1.12 bits per heavy atom. The van der Waals surface area contributed by atoms with Gasteiger partial charge in [-0.25, -0.2) is 18.2 Å². The molecule has 2 aliphatic rings. The van der Waals surface area contributed by atoms with Gasteiger partial charge in [-0.2, -0.15) is 4.31 Å². The maximum Gasteiger partial charge on any atom is 0.407 e. The number of thiazole rings is 1. The van der Waals surface area contributed by atoms with Gasteiger partial charge in [-0.05, 0) is 62.9 Å². The van der Waals surface area contributed by atoms with E-state index in [0.29, 0.717) is 25.2 Å². The Morgan fingerprint density at radius 2 is 1.88 bits per heavy atom. The van der Waals surface area contributed by atoms with Crippen molar-refractivity contribution in [3.05, 3.63) is 54.1 Å². The summed E-state index contributed by atoms with van der Waals surface area (Å²) in [5, 5.41) is 22.4. The van der Waals surface area contributed by atoms with Crippen molar-refractivity contribution in [3.8, 4) is 0 Å². The number of fused-ring (bicyclic) bond motifs is 2. The van der Waals surface area contributed by atoms with Crippen LogP contribution in [0.5, 0.6) is 0 Å². The van der Waals surface area contributed by atoms with E-state index in [1.165, 1.54) is 15.6 Å². The standard InChI is InChI=1S/C37H55N5O7S2/c1-7-17-37(38-8-2)23-48-34-33(37)31(16-18-47-34)49-36(44)41-29(19-26-12-10-9-11-13-26)30(43)22-42(21-24(3)4)51(45,46)27-14-15-28-32(20-27)50-35(40-28)39-25(5)6/h9-15,20,24-25,29-31,33-34,38,43H,7-8,16-19,21-23H2,1-6H3,(H,39,40)(H,41,44)/t29-,30+,31-,33-,34-,37-/m0/s1. The van der Waals surface area contributed by atoms with Gasteiger partial charge in [0.2, 0.25) is 10.0 Å². The van der Waals surface area contributed by atoms with Crippen molar-refractivity contribution >= 4 is 42.8 Å².